The Hall–Kier alpha value is -1.61. The van der Waals surface area contributed by atoms with Crippen molar-refractivity contribution >= 4 is 5.97 Å². The van der Waals surface area contributed by atoms with Gasteiger partial charge in [-0.25, -0.2) is 0 Å². The van der Waals surface area contributed by atoms with Crippen LogP contribution in [0.15, 0.2) is 42.5 Å². The van der Waals surface area contributed by atoms with Crippen molar-refractivity contribution in [1.29, 1.82) is 0 Å². The summed E-state index contributed by atoms with van der Waals surface area (Å²) in [5, 5.41) is 8.51. The fourth-order valence-electron chi connectivity index (χ4n) is 2.18. The Morgan fingerprint density at radius 3 is 2.32 bits per heavy atom. The monoisotopic (exact) mass is 304 g/mol. The van der Waals surface area contributed by atoms with E-state index in [2.05, 4.69) is 24.3 Å². The first-order valence-corrected chi connectivity index (χ1v) is 8.27. The van der Waals surface area contributed by atoms with Crippen molar-refractivity contribution in [2.24, 2.45) is 0 Å². The van der Waals surface area contributed by atoms with Gasteiger partial charge >= 0.3 is 5.97 Å². The molecule has 1 N–H and O–H groups in total. The molecule has 0 aliphatic rings. The standard InChI is InChI=1S/C19H28O3/c20-19(21)15-11-6-4-2-1-3-5-7-12-16-22-17-18-13-9-8-10-14-18/h1-2,8-10,13-14H,3-7,11-12,15-17H2,(H,20,21)/b2-1-. The molecule has 0 atom stereocenters. The number of rotatable bonds is 13. The van der Waals surface area contributed by atoms with Gasteiger partial charge in [-0.05, 0) is 44.1 Å². The zero-order valence-electron chi connectivity index (χ0n) is 13.4. The van der Waals surface area contributed by atoms with E-state index in [1.54, 1.807) is 0 Å². The summed E-state index contributed by atoms with van der Waals surface area (Å²) in [7, 11) is 0. The van der Waals surface area contributed by atoms with Gasteiger partial charge in [0.1, 0.15) is 0 Å². The molecule has 0 saturated heterocycles. The Balaban J connectivity index is 1.82. The number of ether oxygens (including phenoxy) is 1. The number of hydrogen-bond donors (Lipinski definition) is 1. The molecule has 0 amide bonds. The molecule has 22 heavy (non-hydrogen) atoms. The van der Waals surface area contributed by atoms with E-state index in [4.69, 9.17) is 9.84 Å². The number of allylic oxidation sites excluding steroid dienone is 2. The molecular formula is C19H28O3. The molecule has 0 fully saturated rings. The summed E-state index contributed by atoms with van der Waals surface area (Å²) in [4.78, 5) is 10.3. The summed E-state index contributed by atoms with van der Waals surface area (Å²) in [6.07, 6.45) is 12.0. The summed E-state index contributed by atoms with van der Waals surface area (Å²) < 4.78 is 5.65. The number of carboxylic acids is 1. The normalized spacial score (nSPS) is 11.1. The van der Waals surface area contributed by atoms with Crippen LogP contribution >= 0.6 is 0 Å². The lowest BCUT2D eigenvalue weighted by atomic mass is 10.1. The third-order valence-corrected chi connectivity index (χ3v) is 3.45. The second-order valence-electron chi connectivity index (χ2n) is 5.50. The molecule has 0 bridgehead atoms. The van der Waals surface area contributed by atoms with Crippen molar-refractivity contribution in [2.75, 3.05) is 6.61 Å². The first kappa shape index (κ1) is 18.4. The topological polar surface area (TPSA) is 46.5 Å². The van der Waals surface area contributed by atoms with E-state index in [1.807, 2.05) is 18.2 Å². The van der Waals surface area contributed by atoms with E-state index >= 15 is 0 Å². The minimum atomic E-state index is -0.696. The van der Waals surface area contributed by atoms with E-state index in [0.29, 0.717) is 6.61 Å². The van der Waals surface area contributed by atoms with Gasteiger partial charge in [0.25, 0.3) is 0 Å². The van der Waals surface area contributed by atoms with Gasteiger partial charge in [0.2, 0.25) is 0 Å². The Morgan fingerprint density at radius 2 is 1.64 bits per heavy atom. The second kappa shape index (κ2) is 13.1. The van der Waals surface area contributed by atoms with Crippen LogP contribution in [0.4, 0.5) is 0 Å². The SMILES string of the molecule is O=C(O)CCCC/C=C\CCCCCOCc1ccccc1. The maximum absolute atomic E-state index is 10.3. The molecule has 0 saturated carbocycles. The van der Waals surface area contributed by atoms with Crippen molar-refractivity contribution in [3.05, 3.63) is 48.0 Å². The predicted octanol–water partition coefficient (Wildman–Crippen LogP) is 4.96. The molecule has 0 radical (unpaired) electrons. The summed E-state index contributed by atoms with van der Waals surface area (Å²) in [5.74, 6) is -0.696. The van der Waals surface area contributed by atoms with Gasteiger partial charge in [-0.1, -0.05) is 48.9 Å². The van der Waals surface area contributed by atoms with E-state index in [1.165, 1.54) is 18.4 Å². The Bertz CT molecular complexity index is 412. The van der Waals surface area contributed by atoms with Crippen LogP contribution in [0.2, 0.25) is 0 Å². The Labute approximate surface area is 134 Å². The van der Waals surface area contributed by atoms with Crippen LogP contribution in [0.5, 0.6) is 0 Å². The molecular weight excluding hydrogens is 276 g/mol. The van der Waals surface area contributed by atoms with Crippen molar-refractivity contribution in [2.45, 2.75) is 58.0 Å². The highest BCUT2D eigenvalue weighted by Gasteiger charge is 1.94. The first-order chi connectivity index (χ1) is 10.8. The lowest BCUT2D eigenvalue weighted by Crippen LogP contribution is -1.95. The maximum atomic E-state index is 10.3. The van der Waals surface area contributed by atoms with E-state index < -0.39 is 5.97 Å². The van der Waals surface area contributed by atoms with Crippen LogP contribution in [0, 0.1) is 0 Å². The molecule has 3 heteroatoms. The van der Waals surface area contributed by atoms with Crippen molar-refractivity contribution in [1.82, 2.24) is 0 Å². The van der Waals surface area contributed by atoms with E-state index in [-0.39, 0.29) is 6.42 Å². The van der Waals surface area contributed by atoms with Crippen molar-refractivity contribution in [3.8, 4) is 0 Å². The highest BCUT2D eigenvalue weighted by Crippen LogP contribution is 2.06. The molecule has 122 valence electrons. The molecule has 1 aromatic carbocycles. The summed E-state index contributed by atoms with van der Waals surface area (Å²) in [6.45, 7) is 1.53. The van der Waals surface area contributed by atoms with Gasteiger partial charge in [-0.15, -0.1) is 0 Å². The largest absolute Gasteiger partial charge is 0.481 e. The second-order valence-corrected chi connectivity index (χ2v) is 5.50. The molecule has 0 spiro atoms. The highest BCUT2D eigenvalue weighted by atomic mass is 16.5. The van der Waals surface area contributed by atoms with Crippen LogP contribution in [-0.2, 0) is 16.1 Å². The summed E-state index contributed by atoms with van der Waals surface area (Å²) in [5.41, 5.74) is 1.23. The third-order valence-electron chi connectivity index (χ3n) is 3.45. The van der Waals surface area contributed by atoms with Gasteiger partial charge in [0.15, 0.2) is 0 Å². The third kappa shape index (κ3) is 11.1. The number of aliphatic carboxylic acids is 1. The van der Waals surface area contributed by atoms with Gasteiger partial charge in [-0.3, -0.25) is 4.79 Å². The van der Waals surface area contributed by atoms with Gasteiger partial charge < -0.3 is 9.84 Å². The molecule has 0 aliphatic carbocycles. The van der Waals surface area contributed by atoms with Crippen LogP contribution < -0.4 is 0 Å². The minimum absolute atomic E-state index is 0.289. The fraction of sp³-hybridized carbons (Fsp3) is 0.526. The zero-order valence-corrected chi connectivity index (χ0v) is 13.4. The average Bonchev–Trinajstić information content (AvgIpc) is 2.52. The number of carboxylic acid groups (broad SMARTS) is 1. The molecule has 1 aromatic rings. The fourth-order valence-corrected chi connectivity index (χ4v) is 2.18. The molecule has 0 heterocycles. The number of unbranched alkanes of at least 4 members (excludes halogenated alkanes) is 5. The molecule has 0 aliphatic heterocycles. The lowest BCUT2D eigenvalue weighted by molar-refractivity contribution is -0.137. The Kier molecular flexibility index (Phi) is 11.0. The minimum Gasteiger partial charge on any atom is -0.481 e. The van der Waals surface area contributed by atoms with Gasteiger partial charge in [0, 0.05) is 13.0 Å². The molecule has 1 rings (SSSR count). The van der Waals surface area contributed by atoms with Crippen molar-refractivity contribution < 1.29 is 14.6 Å². The first-order valence-electron chi connectivity index (χ1n) is 8.27. The number of benzene rings is 1. The van der Waals surface area contributed by atoms with Gasteiger partial charge in [0.05, 0.1) is 6.61 Å². The summed E-state index contributed by atoms with van der Waals surface area (Å²) in [6, 6.07) is 10.3. The smallest absolute Gasteiger partial charge is 0.303 e. The Morgan fingerprint density at radius 1 is 0.955 bits per heavy atom. The average molecular weight is 304 g/mol. The highest BCUT2D eigenvalue weighted by molar-refractivity contribution is 5.66. The number of carbonyl (C=O) groups is 1. The zero-order chi connectivity index (χ0) is 15.9. The maximum Gasteiger partial charge on any atom is 0.303 e. The number of hydrogen-bond acceptors (Lipinski definition) is 2. The van der Waals surface area contributed by atoms with Crippen LogP contribution in [0.25, 0.3) is 0 Å². The van der Waals surface area contributed by atoms with Crippen LogP contribution in [0.1, 0.15) is 56.9 Å². The van der Waals surface area contributed by atoms with Crippen LogP contribution in [-0.4, -0.2) is 17.7 Å². The lowest BCUT2D eigenvalue weighted by Gasteiger charge is -2.03. The van der Waals surface area contributed by atoms with E-state index in [0.717, 1.165) is 38.7 Å². The van der Waals surface area contributed by atoms with Crippen LogP contribution in [0.3, 0.4) is 0 Å². The van der Waals surface area contributed by atoms with Gasteiger partial charge in [-0.2, -0.15) is 0 Å². The van der Waals surface area contributed by atoms with E-state index in [9.17, 15) is 4.79 Å². The molecule has 0 unspecified atom stereocenters. The predicted molar refractivity (Wildman–Crippen MR) is 89.8 cm³/mol. The quantitative estimate of drug-likeness (QED) is 0.413. The summed E-state index contributed by atoms with van der Waals surface area (Å²) >= 11 is 0. The molecule has 3 nitrogen and oxygen atoms in total. The van der Waals surface area contributed by atoms with Crippen molar-refractivity contribution in [3.63, 3.8) is 0 Å². The molecule has 0 aromatic heterocycles.